The molecule has 0 amide bonds. The lowest BCUT2D eigenvalue weighted by Crippen LogP contribution is -2.12. The molecule has 0 radical (unpaired) electrons. The Morgan fingerprint density at radius 2 is 1.80 bits per heavy atom. The van der Waals surface area contributed by atoms with Crippen LogP contribution in [0.15, 0.2) is 57.9 Å². The smallest absolute Gasteiger partial charge is 0.206 e. The lowest BCUT2D eigenvalue weighted by Gasteiger charge is -2.04. The van der Waals surface area contributed by atoms with E-state index in [1.165, 1.54) is 35.8 Å². The number of aromatic nitrogens is 1. The number of hydrogen-bond acceptors (Lipinski definition) is 3. The highest BCUT2D eigenvalue weighted by Crippen LogP contribution is 2.22. The first-order valence-corrected chi connectivity index (χ1v) is 8.81. The highest BCUT2D eigenvalue weighted by molar-refractivity contribution is 7.07. The summed E-state index contributed by atoms with van der Waals surface area (Å²) >= 11 is 7.34. The molecule has 7 heteroatoms. The highest BCUT2D eigenvalue weighted by atomic mass is 35.5. The van der Waals surface area contributed by atoms with E-state index in [1.54, 1.807) is 16.8 Å². The maximum absolute atomic E-state index is 13.8. The van der Waals surface area contributed by atoms with E-state index in [-0.39, 0.29) is 5.56 Å². The summed E-state index contributed by atoms with van der Waals surface area (Å²) < 4.78 is 29.2. The largest absolute Gasteiger partial charge is 0.258 e. The average Bonchev–Trinajstić information content (AvgIpc) is 2.98. The first-order valence-electron chi connectivity index (χ1n) is 7.55. The van der Waals surface area contributed by atoms with E-state index in [0.29, 0.717) is 16.4 Å². The summed E-state index contributed by atoms with van der Waals surface area (Å²) in [6.07, 6.45) is 1.17. The minimum absolute atomic E-state index is 0.189. The third-order valence-electron chi connectivity index (χ3n) is 3.42. The van der Waals surface area contributed by atoms with Gasteiger partial charge >= 0.3 is 0 Å². The minimum atomic E-state index is -0.665. The van der Waals surface area contributed by atoms with Crippen LogP contribution in [0, 0.1) is 11.6 Å². The van der Waals surface area contributed by atoms with Gasteiger partial charge in [0.2, 0.25) is 4.80 Å². The van der Waals surface area contributed by atoms with Gasteiger partial charge in [0.25, 0.3) is 0 Å². The van der Waals surface area contributed by atoms with Crippen molar-refractivity contribution in [2.75, 3.05) is 6.54 Å². The molecule has 0 N–H and O–H groups in total. The molecule has 0 bridgehead atoms. The molecule has 0 saturated carbocycles. The van der Waals surface area contributed by atoms with Crippen LogP contribution < -0.4 is 4.80 Å². The molecule has 0 aliphatic heterocycles. The molecule has 3 aromatic rings. The van der Waals surface area contributed by atoms with E-state index in [9.17, 15) is 8.78 Å². The molecule has 0 aliphatic rings. The summed E-state index contributed by atoms with van der Waals surface area (Å²) in [7, 11) is 0. The summed E-state index contributed by atoms with van der Waals surface area (Å²) in [6, 6.07) is 11.0. The summed E-state index contributed by atoms with van der Waals surface area (Å²) in [5, 5.41) is 6.79. The monoisotopic (exact) mass is 377 g/mol. The van der Waals surface area contributed by atoms with Crippen LogP contribution in [0.2, 0.25) is 5.02 Å². The van der Waals surface area contributed by atoms with Gasteiger partial charge in [-0.25, -0.2) is 13.5 Å². The Balaban J connectivity index is 2.11. The zero-order chi connectivity index (χ0) is 17.8. The van der Waals surface area contributed by atoms with Crippen LogP contribution in [-0.2, 0) is 0 Å². The highest BCUT2D eigenvalue weighted by Gasteiger charge is 2.09. The first kappa shape index (κ1) is 17.5. The zero-order valence-corrected chi connectivity index (χ0v) is 14.9. The van der Waals surface area contributed by atoms with Crippen LogP contribution in [0.1, 0.15) is 12.5 Å². The second-order valence-electron chi connectivity index (χ2n) is 5.08. The first-order chi connectivity index (χ1) is 12.1. The van der Waals surface area contributed by atoms with E-state index >= 15 is 0 Å². The second kappa shape index (κ2) is 7.72. The quantitative estimate of drug-likeness (QED) is 0.576. The molecule has 0 fully saturated rings. The molecule has 3 rings (SSSR count). The Bertz CT molecular complexity index is 954. The molecule has 3 nitrogen and oxygen atoms in total. The van der Waals surface area contributed by atoms with Crippen molar-refractivity contribution in [1.82, 2.24) is 4.68 Å². The SMILES string of the molecule is CCN=c1scc(-c2ccc(Cl)cc2)n1N=Cc1c(F)cccc1F. The van der Waals surface area contributed by atoms with Gasteiger partial charge < -0.3 is 0 Å². The van der Waals surface area contributed by atoms with Crippen LogP contribution >= 0.6 is 22.9 Å². The topological polar surface area (TPSA) is 29.6 Å². The van der Waals surface area contributed by atoms with Crippen molar-refractivity contribution >= 4 is 29.2 Å². The van der Waals surface area contributed by atoms with Crippen LogP contribution in [0.3, 0.4) is 0 Å². The molecule has 0 atom stereocenters. The summed E-state index contributed by atoms with van der Waals surface area (Å²) in [4.78, 5) is 5.02. The predicted octanol–water partition coefficient (Wildman–Crippen LogP) is 4.95. The van der Waals surface area contributed by atoms with Gasteiger partial charge in [-0.3, -0.25) is 4.99 Å². The minimum Gasteiger partial charge on any atom is -0.258 e. The molecule has 1 heterocycles. The number of hydrogen-bond donors (Lipinski definition) is 0. The number of benzene rings is 2. The Morgan fingerprint density at radius 3 is 2.44 bits per heavy atom. The molecule has 1 aromatic heterocycles. The lowest BCUT2D eigenvalue weighted by molar-refractivity contribution is 0.579. The van der Waals surface area contributed by atoms with E-state index < -0.39 is 11.6 Å². The summed E-state index contributed by atoms with van der Waals surface area (Å²) in [6.45, 7) is 2.48. The summed E-state index contributed by atoms with van der Waals surface area (Å²) in [5.74, 6) is -1.33. The number of nitrogens with zero attached hydrogens (tertiary/aromatic N) is 3. The van der Waals surface area contributed by atoms with Crippen molar-refractivity contribution < 1.29 is 8.78 Å². The van der Waals surface area contributed by atoms with Crippen molar-refractivity contribution in [1.29, 1.82) is 0 Å². The normalized spacial score (nSPS) is 12.2. The van der Waals surface area contributed by atoms with Crippen molar-refractivity contribution in [2.24, 2.45) is 10.1 Å². The number of thiazole rings is 1. The van der Waals surface area contributed by atoms with Gasteiger partial charge in [-0.1, -0.05) is 29.8 Å². The molecule has 0 saturated heterocycles. The molecule has 0 unspecified atom stereocenters. The lowest BCUT2D eigenvalue weighted by atomic mass is 10.2. The third-order valence-corrected chi connectivity index (χ3v) is 4.53. The Kier molecular flexibility index (Phi) is 5.40. The fourth-order valence-electron chi connectivity index (χ4n) is 2.22. The van der Waals surface area contributed by atoms with Gasteiger partial charge in [-0.15, -0.1) is 11.3 Å². The molecule has 0 spiro atoms. The summed E-state index contributed by atoms with van der Waals surface area (Å²) in [5.41, 5.74) is 1.46. The maximum atomic E-state index is 13.8. The van der Waals surface area contributed by atoms with Gasteiger partial charge in [0.15, 0.2) is 0 Å². The Labute approximate surface area is 152 Å². The van der Waals surface area contributed by atoms with Gasteiger partial charge in [0.1, 0.15) is 11.6 Å². The number of halogens is 3. The molecular weight excluding hydrogens is 364 g/mol. The van der Waals surface area contributed by atoms with Crippen LogP contribution in [0.4, 0.5) is 8.78 Å². The molecule has 2 aromatic carbocycles. The average molecular weight is 378 g/mol. The molecular formula is C18H14ClF2N3S. The van der Waals surface area contributed by atoms with Crippen molar-refractivity contribution in [3.05, 3.63) is 74.9 Å². The maximum Gasteiger partial charge on any atom is 0.206 e. The van der Waals surface area contributed by atoms with Crippen LogP contribution in [0.5, 0.6) is 0 Å². The van der Waals surface area contributed by atoms with E-state index in [1.807, 2.05) is 24.4 Å². The van der Waals surface area contributed by atoms with Crippen LogP contribution in [-0.4, -0.2) is 17.4 Å². The fraction of sp³-hybridized carbons (Fsp3) is 0.111. The Morgan fingerprint density at radius 1 is 1.12 bits per heavy atom. The number of rotatable bonds is 4. The van der Waals surface area contributed by atoms with Crippen molar-refractivity contribution in [2.45, 2.75) is 6.92 Å². The van der Waals surface area contributed by atoms with E-state index in [0.717, 1.165) is 11.3 Å². The van der Waals surface area contributed by atoms with Gasteiger partial charge in [0, 0.05) is 22.5 Å². The van der Waals surface area contributed by atoms with E-state index in [2.05, 4.69) is 10.1 Å². The third kappa shape index (κ3) is 3.86. The van der Waals surface area contributed by atoms with Gasteiger partial charge in [-0.2, -0.15) is 5.10 Å². The van der Waals surface area contributed by atoms with Crippen molar-refractivity contribution in [3.63, 3.8) is 0 Å². The predicted molar refractivity (Wildman–Crippen MR) is 98.2 cm³/mol. The van der Waals surface area contributed by atoms with Gasteiger partial charge in [0.05, 0.1) is 17.5 Å². The Hall–Kier alpha value is -2.31. The van der Waals surface area contributed by atoms with E-state index in [4.69, 9.17) is 11.6 Å². The second-order valence-corrected chi connectivity index (χ2v) is 6.35. The van der Waals surface area contributed by atoms with Crippen LogP contribution in [0.25, 0.3) is 11.3 Å². The molecule has 128 valence electrons. The standard InChI is InChI=1S/C18H14ClF2N3S/c1-2-22-18-24(23-10-14-15(20)4-3-5-16(14)21)17(11-25-18)12-6-8-13(19)9-7-12/h3-11H,2H2,1H3. The fourth-order valence-corrected chi connectivity index (χ4v) is 3.25. The van der Waals surface area contributed by atoms with Crippen molar-refractivity contribution in [3.8, 4) is 11.3 Å². The molecule has 25 heavy (non-hydrogen) atoms. The van der Waals surface area contributed by atoms with Gasteiger partial charge in [-0.05, 0) is 31.2 Å². The molecule has 0 aliphatic carbocycles. The zero-order valence-electron chi connectivity index (χ0n) is 13.3.